The van der Waals surface area contributed by atoms with E-state index >= 15 is 0 Å². The number of carbonyl (C=O) groups is 2. The van der Waals surface area contributed by atoms with Crippen molar-refractivity contribution in [2.45, 2.75) is 33.4 Å². The fourth-order valence-corrected chi connectivity index (χ4v) is 4.36. The Labute approximate surface area is 213 Å². The van der Waals surface area contributed by atoms with Crippen LogP contribution in [-0.4, -0.2) is 33.3 Å². The maximum Gasteiger partial charge on any atom is 0.295 e. The summed E-state index contributed by atoms with van der Waals surface area (Å²) in [6.45, 7) is 6.80. The van der Waals surface area contributed by atoms with Gasteiger partial charge in [0.1, 0.15) is 11.5 Å². The highest BCUT2D eigenvalue weighted by atomic mass is 79.9. The molecule has 0 aliphatic carbocycles. The molecule has 4 rings (SSSR count). The number of carbonyl (C=O) groups excluding carboxylic acids is 2. The summed E-state index contributed by atoms with van der Waals surface area (Å²) in [5.41, 5.74) is 2.88. The minimum atomic E-state index is -0.736. The summed E-state index contributed by atoms with van der Waals surface area (Å²) in [7, 11) is 0. The van der Waals surface area contributed by atoms with Crippen LogP contribution in [0.25, 0.3) is 5.76 Å². The van der Waals surface area contributed by atoms with Crippen LogP contribution < -0.4 is 4.74 Å². The van der Waals surface area contributed by atoms with E-state index in [-0.39, 0.29) is 17.9 Å². The lowest BCUT2D eigenvalue weighted by Gasteiger charge is -2.25. The summed E-state index contributed by atoms with van der Waals surface area (Å²) in [6, 6.07) is 15.6. The summed E-state index contributed by atoms with van der Waals surface area (Å²) in [5.74, 6) is -0.474. The number of Topliss-reactive ketones (excluding diaryl/α,β-unsaturated/α-hetero) is 1. The van der Waals surface area contributed by atoms with Gasteiger partial charge in [-0.1, -0.05) is 48.0 Å². The fraction of sp³-hybridized carbons (Fsp3) is 0.250. The van der Waals surface area contributed by atoms with Crippen molar-refractivity contribution >= 4 is 33.4 Å². The number of amides is 1. The number of hydrogen-bond acceptors (Lipinski definition) is 5. The molecule has 3 aromatic rings. The Morgan fingerprint density at radius 2 is 1.89 bits per heavy atom. The molecule has 1 amide bonds. The van der Waals surface area contributed by atoms with Gasteiger partial charge in [0, 0.05) is 29.0 Å². The lowest BCUT2D eigenvalue weighted by molar-refractivity contribution is -0.140. The first-order chi connectivity index (χ1) is 16.8. The number of nitrogens with zero attached hydrogens (tertiary/aromatic N) is 2. The van der Waals surface area contributed by atoms with Crippen molar-refractivity contribution in [1.82, 2.24) is 9.88 Å². The SMILES string of the molecule is Cc1cc(C(O)=C2C(=O)C(=O)N(Cc3cccnc3)C2c2ccc(Br)cc2)ccc1OCC(C)C. The summed E-state index contributed by atoms with van der Waals surface area (Å²) in [4.78, 5) is 32.0. The van der Waals surface area contributed by atoms with E-state index in [1.165, 1.54) is 4.90 Å². The van der Waals surface area contributed by atoms with E-state index in [0.717, 1.165) is 26.9 Å². The molecule has 1 aliphatic rings. The number of halogens is 1. The molecular weight excluding hydrogens is 508 g/mol. The monoisotopic (exact) mass is 534 g/mol. The molecule has 35 heavy (non-hydrogen) atoms. The zero-order valence-corrected chi connectivity index (χ0v) is 21.5. The fourth-order valence-electron chi connectivity index (χ4n) is 4.09. The van der Waals surface area contributed by atoms with Crippen LogP contribution in [0.4, 0.5) is 0 Å². The Morgan fingerprint density at radius 1 is 1.14 bits per heavy atom. The Kier molecular flexibility index (Phi) is 7.36. The molecule has 1 saturated heterocycles. The van der Waals surface area contributed by atoms with E-state index in [0.29, 0.717) is 18.1 Å². The molecule has 0 saturated carbocycles. The number of ether oxygens (including phenoxy) is 1. The zero-order chi connectivity index (χ0) is 25.1. The smallest absolute Gasteiger partial charge is 0.295 e. The Bertz CT molecular complexity index is 1270. The van der Waals surface area contributed by atoms with Gasteiger partial charge in [-0.25, -0.2) is 0 Å². The van der Waals surface area contributed by atoms with Crippen LogP contribution in [0.3, 0.4) is 0 Å². The van der Waals surface area contributed by atoms with Crippen molar-refractivity contribution in [3.05, 3.63) is 99.3 Å². The molecule has 1 fully saturated rings. The number of benzene rings is 2. The van der Waals surface area contributed by atoms with Gasteiger partial charge in [0.15, 0.2) is 0 Å². The molecule has 1 unspecified atom stereocenters. The maximum absolute atomic E-state index is 13.2. The van der Waals surface area contributed by atoms with Gasteiger partial charge in [-0.2, -0.15) is 0 Å². The number of pyridine rings is 1. The number of likely N-dealkylation sites (tertiary alicyclic amines) is 1. The van der Waals surface area contributed by atoms with Gasteiger partial charge < -0.3 is 14.7 Å². The van der Waals surface area contributed by atoms with Gasteiger partial charge in [0.25, 0.3) is 11.7 Å². The normalized spacial score (nSPS) is 17.3. The summed E-state index contributed by atoms with van der Waals surface area (Å²) >= 11 is 3.43. The predicted molar refractivity (Wildman–Crippen MR) is 138 cm³/mol. The highest BCUT2D eigenvalue weighted by molar-refractivity contribution is 9.10. The Balaban J connectivity index is 1.78. The summed E-state index contributed by atoms with van der Waals surface area (Å²) < 4.78 is 6.72. The third kappa shape index (κ3) is 5.30. The number of aromatic nitrogens is 1. The van der Waals surface area contributed by atoms with Crippen LogP contribution in [0.1, 0.15) is 42.1 Å². The molecule has 0 bridgehead atoms. The van der Waals surface area contributed by atoms with Crippen molar-refractivity contribution in [2.75, 3.05) is 6.61 Å². The lowest BCUT2D eigenvalue weighted by Crippen LogP contribution is -2.29. The second kappa shape index (κ2) is 10.4. The minimum absolute atomic E-state index is 0.0662. The van der Waals surface area contributed by atoms with E-state index in [2.05, 4.69) is 34.8 Å². The molecule has 1 atom stereocenters. The molecule has 1 aliphatic heterocycles. The molecule has 0 spiro atoms. The molecular formula is C28H27BrN2O4. The highest BCUT2D eigenvalue weighted by Gasteiger charge is 2.46. The van der Waals surface area contributed by atoms with Crippen molar-refractivity contribution in [3.8, 4) is 5.75 Å². The van der Waals surface area contributed by atoms with Crippen LogP contribution in [0.2, 0.25) is 0 Å². The van der Waals surface area contributed by atoms with E-state index in [4.69, 9.17) is 4.74 Å². The van der Waals surface area contributed by atoms with Crippen LogP contribution in [0.15, 0.2) is 77.0 Å². The number of aliphatic hydroxyl groups excluding tert-OH is 1. The minimum Gasteiger partial charge on any atom is -0.507 e. The quantitative estimate of drug-likeness (QED) is 0.235. The Hall–Kier alpha value is -3.45. The van der Waals surface area contributed by atoms with Crippen molar-refractivity contribution in [3.63, 3.8) is 0 Å². The predicted octanol–water partition coefficient (Wildman–Crippen LogP) is 5.81. The average Bonchev–Trinajstić information content (AvgIpc) is 3.09. The molecule has 180 valence electrons. The standard InChI is InChI=1S/C28H27BrN2O4/c1-17(2)16-35-23-11-8-21(13-18(23)3)26(32)24-25(20-6-9-22(29)10-7-20)31(28(34)27(24)33)15-19-5-4-12-30-14-19/h4-14,17,25,32H,15-16H2,1-3H3. The van der Waals surface area contributed by atoms with Crippen LogP contribution in [-0.2, 0) is 16.1 Å². The van der Waals surface area contributed by atoms with Crippen molar-refractivity contribution < 1.29 is 19.4 Å². The second-order valence-corrected chi connectivity index (χ2v) is 9.94. The van der Waals surface area contributed by atoms with E-state index in [1.54, 1.807) is 36.7 Å². The van der Waals surface area contributed by atoms with Gasteiger partial charge >= 0.3 is 0 Å². The molecule has 0 radical (unpaired) electrons. The van der Waals surface area contributed by atoms with Gasteiger partial charge in [0.05, 0.1) is 18.2 Å². The first-order valence-electron chi connectivity index (χ1n) is 11.4. The Morgan fingerprint density at radius 3 is 2.51 bits per heavy atom. The van der Waals surface area contributed by atoms with Gasteiger partial charge in [-0.15, -0.1) is 0 Å². The summed E-state index contributed by atoms with van der Waals surface area (Å²) in [5, 5.41) is 11.3. The number of rotatable bonds is 7. The largest absolute Gasteiger partial charge is 0.507 e. The van der Waals surface area contributed by atoms with Crippen LogP contribution >= 0.6 is 15.9 Å². The van der Waals surface area contributed by atoms with Crippen molar-refractivity contribution in [2.24, 2.45) is 5.92 Å². The topological polar surface area (TPSA) is 79.7 Å². The molecule has 1 aromatic heterocycles. The van der Waals surface area contributed by atoms with Crippen molar-refractivity contribution in [1.29, 1.82) is 0 Å². The van der Waals surface area contributed by atoms with Crippen LogP contribution in [0.5, 0.6) is 5.75 Å². The van der Waals surface area contributed by atoms with E-state index in [1.807, 2.05) is 37.3 Å². The molecule has 7 heteroatoms. The van der Waals surface area contributed by atoms with Gasteiger partial charge in [-0.3, -0.25) is 14.6 Å². The first-order valence-corrected chi connectivity index (χ1v) is 12.2. The van der Waals surface area contributed by atoms with Gasteiger partial charge in [0.2, 0.25) is 0 Å². The maximum atomic E-state index is 13.2. The number of hydrogen-bond donors (Lipinski definition) is 1. The average molecular weight is 535 g/mol. The molecule has 2 aromatic carbocycles. The number of ketones is 1. The van der Waals surface area contributed by atoms with Gasteiger partial charge in [-0.05, 0) is 65.9 Å². The third-order valence-corrected chi connectivity index (χ3v) is 6.35. The second-order valence-electron chi connectivity index (χ2n) is 9.02. The molecule has 6 nitrogen and oxygen atoms in total. The molecule has 2 heterocycles. The number of aliphatic hydroxyl groups is 1. The zero-order valence-electron chi connectivity index (χ0n) is 19.9. The molecule has 1 N–H and O–H groups in total. The third-order valence-electron chi connectivity index (χ3n) is 5.82. The highest BCUT2D eigenvalue weighted by Crippen LogP contribution is 2.41. The summed E-state index contributed by atoms with van der Waals surface area (Å²) in [6.07, 6.45) is 3.32. The van der Waals surface area contributed by atoms with E-state index < -0.39 is 17.7 Å². The number of aryl methyl sites for hydroxylation is 1. The first kappa shape index (κ1) is 24.7. The van der Waals surface area contributed by atoms with E-state index in [9.17, 15) is 14.7 Å². The van der Waals surface area contributed by atoms with Crippen LogP contribution in [0, 0.1) is 12.8 Å². The lowest BCUT2D eigenvalue weighted by atomic mass is 9.94.